The number of aryl methyl sites for hydroxylation is 6. The van der Waals surface area contributed by atoms with Gasteiger partial charge < -0.3 is 29.5 Å². The van der Waals surface area contributed by atoms with Crippen molar-refractivity contribution in [2.24, 2.45) is 0 Å². The zero-order valence-corrected chi connectivity index (χ0v) is 58.6. The first kappa shape index (κ1) is 77.2. The van der Waals surface area contributed by atoms with E-state index in [1.54, 1.807) is 105 Å². The number of esters is 1. The lowest BCUT2D eigenvalue weighted by atomic mass is 10.2. The molecule has 0 saturated heterocycles. The van der Waals surface area contributed by atoms with Crippen LogP contribution in [0.25, 0.3) is 17.8 Å². The zero-order chi connectivity index (χ0) is 72.5. The maximum atomic E-state index is 11.9. The standard InChI is InChI=1S/C21H26N6O2.C11H13N5O2.C10H10N4O.C8H10ClN3O2.C7H7ClN2O2.C6H5ClN2O2/c1-15-10-18(25-21(24-15)27-9-6-22-13-27)16(2)23-7-8-26(3)12-17-4-5-19-20(11-17)29-14-28-19;1-8-6-9(10(17)15(2)18-3)14-11(13-8)16-5-4-12-7-16;1-7-5-9(8(2)15)13-10(12-7)14-4-3-11-6-14;1-5-4-6(11-8(9)10-5)7(13)12(2)14-3;1-4-3-5(6(11)12-2)10-7(8)9-4;1-3-2-4(5(10)11)9-6(7)8-3/h4-6,9-11,13,16,23H,7-8,12,14H2,1-3H3;4-7H,1-3H3;3-6H,1-2H3;4H,1-3H3;3H,1-2H3;2H,1H3,(H,10,11). The van der Waals surface area contributed by atoms with Crippen molar-refractivity contribution < 1.29 is 53.0 Å². The van der Waals surface area contributed by atoms with Crippen LogP contribution in [0.2, 0.25) is 15.9 Å². The molecule has 33 nitrogen and oxygen atoms in total. The van der Waals surface area contributed by atoms with Gasteiger partial charge in [-0.05, 0) is 144 Å². The van der Waals surface area contributed by atoms with E-state index in [1.165, 1.54) is 60.0 Å². The van der Waals surface area contributed by atoms with Gasteiger partial charge in [-0.15, -0.1) is 0 Å². The van der Waals surface area contributed by atoms with Crippen LogP contribution < -0.4 is 14.8 Å². The number of carbonyl (C=O) groups is 5. The van der Waals surface area contributed by atoms with Crippen LogP contribution in [0.5, 0.6) is 11.5 Å². The summed E-state index contributed by atoms with van der Waals surface area (Å²) in [6, 6.07) is 15.9. The molecule has 0 saturated carbocycles. The van der Waals surface area contributed by atoms with E-state index in [2.05, 4.69) is 116 Å². The number of hydrogen-bond acceptors (Lipinski definition) is 27. The fourth-order valence-electron chi connectivity index (χ4n) is 8.19. The van der Waals surface area contributed by atoms with E-state index in [4.69, 9.17) is 59.1 Å². The number of carbonyl (C=O) groups excluding carboxylic acids is 4. The van der Waals surface area contributed by atoms with E-state index in [0.29, 0.717) is 53.1 Å². The number of carboxylic acids is 1. The molecule has 0 aliphatic carbocycles. The predicted molar refractivity (Wildman–Crippen MR) is 359 cm³/mol. The lowest BCUT2D eigenvalue weighted by molar-refractivity contribution is -0.0760. The molecule has 10 heterocycles. The molecule has 0 spiro atoms. The Morgan fingerprint density at radius 1 is 0.545 bits per heavy atom. The number of nitrogens with one attached hydrogen (secondary N) is 1. The smallest absolute Gasteiger partial charge is 0.356 e. The van der Waals surface area contributed by atoms with Gasteiger partial charge in [0.2, 0.25) is 40.5 Å². The molecule has 1 unspecified atom stereocenters. The summed E-state index contributed by atoms with van der Waals surface area (Å²) in [6.45, 7) is 17.3. The van der Waals surface area contributed by atoms with Gasteiger partial charge in [0.25, 0.3) is 11.8 Å². The number of likely N-dealkylation sites (N-methyl/N-ethyl adjacent to an activating group) is 1. The average molecular weight is 1420 g/mol. The summed E-state index contributed by atoms with van der Waals surface area (Å²) in [5, 5.41) is 14.3. The van der Waals surface area contributed by atoms with Crippen LogP contribution in [-0.4, -0.2) is 200 Å². The molecule has 99 heavy (non-hydrogen) atoms. The number of hydrogen-bond donors (Lipinski definition) is 2. The van der Waals surface area contributed by atoms with Crippen LogP contribution >= 0.6 is 34.8 Å². The minimum absolute atomic E-state index is 0.0394. The minimum Gasteiger partial charge on any atom is -0.477 e. The Labute approximate surface area is 583 Å². The number of ketones is 1. The number of carboxylic acid groups (broad SMARTS) is 1. The van der Waals surface area contributed by atoms with E-state index in [-0.39, 0.29) is 62.3 Å². The second-order valence-corrected chi connectivity index (χ2v) is 22.0. The molecule has 0 radical (unpaired) electrons. The Balaban J connectivity index is 0.000000195. The molecule has 1 aliphatic rings. The third kappa shape index (κ3) is 24.4. The average Bonchev–Trinajstić information content (AvgIpc) is 1.84. The second-order valence-electron chi connectivity index (χ2n) is 20.9. The fourth-order valence-corrected chi connectivity index (χ4v) is 8.87. The van der Waals surface area contributed by atoms with E-state index in [0.717, 1.165) is 58.3 Å². The molecule has 2 amide bonds. The number of aromatic carboxylic acids is 1. The molecule has 1 atom stereocenters. The number of Topliss-reactive ketones (excluding diaryl/α,β-unsaturated/α-hetero) is 1. The number of methoxy groups -OCH3 is 1. The maximum Gasteiger partial charge on any atom is 0.356 e. The van der Waals surface area contributed by atoms with Crippen LogP contribution in [0.3, 0.4) is 0 Å². The largest absolute Gasteiger partial charge is 0.477 e. The number of amides is 2. The zero-order valence-electron chi connectivity index (χ0n) is 56.4. The summed E-state index contributed by atoms with van der Waals surface area (Å²) < 4.78 is 20.4. The summed E-state index contributed by atoms with van der Waals surface area (Å²) in [7, 11) is 9.23. The first-order chi connectivity index (χ1) is 47.1. The Morgan fingerprint density at radius 2 is 0.960 bits per heavy atom. The van der Waals surface area contributed by atoms with Crippen LogP contribution in [-0.2, 0) is 21.0 Å². The topological polar surface area (TPSA) is 382 Å². The van der Waals surface area contributed by atoms with Gasteiger partial charge >= 0.3 is 11.9 Å². The van der Waals surface area contributed by atoms with Crippen molar-refractivity contribution in [1.29, 1.82) is 0 Å². The number of ether oxygens (including phenoxy) is 3. The molecule has 10 aromatic rings. The lowest BCUT2D eigenvalue weighted by Crippen LogP contribution is -2.31. The number of fused-ring (bicyclic) bond motifs is 1. The van der Waals surface area contributed by atoms with Gasteiger partial charge in [0.15, 0.2) is 28.7 Å². The number of halogens is 3. The van der Waals surface area contributed by atoms with Gasteiger partial charge in [0, 0.05) is 118 Å². The molecule has 1 aromatic carbocycles. The van der Waals surface area contributed by atoms with Gasteiger partial charge in [0.05, 0.1) is 27.0 Å². The number of imidazole rings is 3. The first-order valence-corrected chi connectivity index (χ1v) is 30.6. The van der Waals surface area contributed by atoms with Crippen LogP contribution in [0, 0.1) is 41.5 Å². The summed E-state index contributed by atoms with van der Waals surface area (Å²) in [4.78, 5) is 128. The SMILES string of the molecule is CC(=O)c1cc(C)nc(-n2ccnc2)n1.COC(=O)c1cc(C)nc(Cl)n1.CON(C)C(=O)c1cc(C)nc(-n2ccnc2)n1.CON(C)C(=O)c1cc(C)nc(Cl)n1.Cc1cc(C(=O)O)nc(Cl)n1.Cc1cc(C(C)NCCN(C)Cc2ccc3c(c2)OCO3)nc(-n2ccnc2)n1. The number of nitrogens with zero attached hydrogens (tertiary/aromatic N) is 21. The normalized spacial score (nSPS) is 11.1. The molecule has 9 aromatic heterocycles. The Bertz CT molecular complexity index is 4290. The number of hydroxylamine groups is 4. The van der Waals surface area contributed by atoms with Crippen LogP contribution in [0.4, 0.5) is 0 Å². The van der Waals surface area contributed by atoms with E-state index >= 15 is 0 Å². The van der Waals surface area contributed by atoms with Crippen molar-refractivity contribution in [2.75, 3.05) is 62.4 Å². The Morgan fingerprint density at radius 3 is 1.41 bits per heavy atom. The van der Waals surface area contributed by atoms with Crippen molar-refractivity contribution in [2.45, 2.75) is 68.0 Å². The van der Waals surface area contributed by atoms with Gasteiger partial charge in [-0.1, -0.05) is 6.07 Å². The number of aromatic nitrogens is 18. The van der Waals surface area contributed by atoms with Gasteiger partial charge in [0.1, 0.15) is 36.1 Å². The highest BCUT2D eigenvalue weighted by Gasteiger charge is 2.19. The summed E-state index contributed by atoms with van der Waals surface area (Å²) in [5.41, 5.74) is 7.40. The third-order valence-electron chi connectivity index (χ3n) is 13.0. The van der Waals surface area contributed by atoms with Crippen molar-refractivity contribution in [3.05, 3.63) is 201 Å². The van der Waals surface area contributed by atoms with Crippen molar-refractivity contribution in [3.63, 3.8) is 0 Å². The molecule has 1 aliphatic heterocycles. The van der Waals surface area contributed by atoms with Gasteiger partial charge in [-0.2, -0.15) is 0 Å². The molecular formula is C63H71Cl3N22O11. The highest BCUT2D eigenvalue weighted by atomic mass is 35.5. The van der Waals surface area contributed by atoms with Gasteiger partial charge in [-0.25, -0.2) is 94.5 Å². The van der Waals surface area contributed by atoms with Crippen molar-refractivity contribution in [3.8, 4) is 29.3 Å². The third-order valence-corrected chi connectivity index (χ3v) is 13.6. The van der Waals surface area contributed by atoms with Crippen molar-refractivity contribution in [1.82, 2.24) is 109 Å². The predicted octanol–water partition coefficient (Wildman–Crippen LogP) is 7.69. The summed E-state index contributed by atoms with van der Waals surface area (Å²) in [6.07, 6.45) is 15.2. The Kier molecular flexibility index (Phi) is 29.3. The molecule has 520 valence electrons. The summed E-state index contributed by atoms with van der Waals surface area (Å²) in [5.74, 6) is 0.799. The molecular weight excluding hydrogens is 1350 g/mol. The van der Waals surface area contributed by atoms with E-state index < -0.39 is 11.9 Å². The van der Waals surface area contributed by atoms with Crippen LogP contribution in [0.1, 0.15) is 118 Å². The molecule has 0 fully saturated rings. The maximum absolute atomic E-state index is 11.9. The first-order valence-electron chi connectivity index (χ1n) is 29.5. The monoisotopic (exact) mass is 1420 g/mol. The molecule has 36 heteroatoms. The highest BCUT2D eigenvalue weighted by Crippen LogP contribution is 2.33. The Hall–Kier alpha value is -10.8. The summed E-state index contributed by atoms with van der Waals surface area (Å²) >= 11 is 16.5. The number of rotatable bonds is 17. The number of benzene rings is 1. The molecule has 11 rings (SSSR count). The fraction of sp³-hybridized carbons (Fsp3) is 0.302. The van der Waals surface area contributed by atoms with E-state index in [1.807, 2.05) is 36.7 Å². The quantitative estimate of drug-likeness (QED) is 0.0381. The second kappa shape index (κ2) is 37.6. The molecule has 0 bridgehead atoms. The molecule has 2 N–H and O–H groups in total. The minimum atomic E-state index is -1.10. The van der Waals surface area contributed by atoms with Crippen molar-refractivity contribution >= 4 is 64.3 Å². The van der Waals surface area contributed by atoms with Gasteiger partial charge in [-0.3, -0.25) is 37.8 Å². The highest BCUT2D eigenvalue weighted by molar-refractivity contribution is 6.29. The van der Waals surface area contributed by atoms with E-state index in [9.17, 15) is 24.0 Å². The lowest BCUT2D eigenvalue weighted by Gasteiger charge is -2.20. The van der Waals surface area contributed by atoms with Crippen LogP contribution in [0.15, 0.2) is 111 Å².